The van der Waals surface area contributed by atoms with Gasteiger partial charge in [0, 0.05) is 30.6 Å². The number of nitrogens with zero attached hydrogens (tertiary/aromatic N) is 2. The van der Waals surface area contributed by atoms with E-state index in [2.05, 4.69) is 0 Å². The van der Waals surface area contributed by atoms with Crippen molar-refractivity contribution in [2.24, 2.45) is 0 Å². The van der Waals surface area contributed by atoms with E-state index < -0.39 is 17.2 Å². The number of benzene rings is 2. The van der Waals surface area contributed by atoms with Gasteiger partial charge in [-0.3, -0.25) is 14.2 Å². The lowest BCUT2D eigenvalue weighted by molar-refractivity contribution is -0.119. The van der Waals surface area contributed by atoms with Gasteiger partial charge in [0.2, 0.25) is 5.91 Å². The second-order valence-corrected chi connectivity index (χ2v) is 8.28. The molecule has 0 saturated carbocycles. The van der Waals surface area contributed by atoms with Crippen molar-refractivity contribution in [1.82, 2.24) is 4.57 Å². The third-order valence-electron chi connectivity index (χ3n) is 6.07. The molecule has 3 aromatic rings. The van der Waals surface area contributed by atoms with Gasteiger partial charge < -0.3 is 9.64 Å². The van der Waals surface area contributed by atoms with Gasteiger partial charge in [0.05, 0.1) is 11.6 Å². The largest absolute Gasteiger partial charge is 0.487 e. The molecule has 33 heavy (non-hydrogen) atoms. The molecule has 0 spiro atoms. The highest BCUT2D eigenvalue weighted by Gasteiger charge is 2.36. The molecule has 172 valence electrons. The first kappa shape index (κ1) is 23.0. The number of fused-ring (bicyclic) bond motifs is 1. The molecule has 4 rings (SSSR count). The maximum Gasteiger partial charge on any atom is 0.277 e. The zero-order valence-corrected chi connectivity index (χ0v) is 19.2. The molecule has 0 fully saturated rings. The number of pyridine rings is 1. The Kier molecular flexibility index (Phi) is 6.26. The number of hydrogen-bond acceptors (Lipinski definition) is 3. The maximum absolute atomic E-state index is 13.9. The van der Waals surface area contributed by atoms with Crippen LogP contribution in [0.5, 0.6) is 5.75 Å². The highest BCUT2D eigenvalue weighted by Crippen LogP contribution is 2.42. The van der Waals surface area contributed by atoms with E-state index in [-0.39, 0.29) is 34.8 Å². The molecule has 0 saturated heterocycles. The molecule has 2 heterocycles. The van der Waals surface area contributed by atoms with Gasteiger partial charge in [-0.15, -0.1) is 0 Å². The van der Waals surface area contributed by atoms with Crippen LogP contribution < -0.4 is 15.2 Å². The highest BCUT2D eigenvalue weighted by atomic mass is 35.5. The van der Waals surface area contributed by atoms with Gasteiger partial charge in [-0.25, -0.2) is 8.78 Å². The molecule has 0 aliphatic carbocycles. The van der Waals surface area contributed by atoms with E-state index in [9.17, 15) is 18.4 Å². The Bertz CT molecular complexity index is 1310. The normalized spacial score (nSPS) is 15.2. The van der Waals surface area contributed by atoms with Gasteiger partial charge in [0.1, 0.15) is 29.0 Å². The SMILES string of the molecule is CCc1c(-n2ccc(OCc3ccc(F)cc3F)c(Cl)c2=O)ccc2c1C(CC)C(=O)N2C. The molecule has 8 heteroatoms. The third kappa shape index (κ3) is 3.91. The number of aromatic nitrogens is 1. The summed E-state index contributed by atoms with van der Waals surface area (Å²) in [7, 11) is 1.76. The van der Waals surface area contributed by atoms with E-state index in [0.717, 1.165) is 28.9 Å². The lowest BCUT2D eigenvalue weighted by atomic mass is 9.91. The molecule has 5 nitrogen and oxygen atoms in total. The van der Waals surface area contributed by atoms with Crippen LogP contribution in [0.4, 0.5) is 14.5 Å². The van der Waals surface area contributed by atoms with Crippen molar-refractivity contribution in [2.45, 2.75) is 39.2 Å². The molecule has 0 N–H and O–H groups in total. The molecule has 1 aliphatic rings. The Hall–Kier alpha value is -3.19. The summed E-state index contributed by atoms with van der Waals surface area (Å²) in [6.45, 7) is 3.74. The second kappa shape index (κ2) is 8.98. The summed E-state index contributed by atoms with van der Waals surface area (Å²) >= 11 is 6.32. The molecule has 1 unspecified atom stereocenters. The van der Waals surface area contributed by atoms with Crippen LogP contribution in [-0.4, -0.2) is 17.5 Å². The van der Waals surface area contributed by atoms with Crippen LogP contribution in [-0.2, 0) is 17.8 Å². The molecule has 0 radical (unpaired) electrons. The summed E-state index contributed by atoms with van der Waals surface area (Å²) < 4.78 is 34.0. The number of halogens is 3. The van der Waals surface area contributed by atoms with Gasteiger partial charge in [0.15, 0.2) is 0 Å². The van der Waals surface area contributed by atoms with E-state index in [1.54, 1.807) is 18.1 Å². The van der Waals surface area contributed by atoms with Crippen molar-refractivity contribution in [3.05, 3.63) is 86.3 Å². The van der Waals surface area contributed by atoms with Crippen LogP contribution in [0.3, 0.4) is 0 Å². The van der Waals surface area contributed by atoms with E-state index in [4.69, 9.17) is 16.3 Å². The van der Waals surface area contributed by atoms with Gasteiger partial charge in [-0.1, -0.05) is 25.4 Å². The van der Waals surface area contributed by atoms with Crippen LogP contribution in [0.2, 0.25) is 5.02 Å². The van der Waals surface area contributed by atoms with Gasteiger partial charge in [-0.2, -0.15) is 0 Å². The fraction of sp³-hybridized carbons (Fsp3) is 0.280. The van der Waals surface area contributed by atoms with Crippen molar-refractivity contribution < 1.29 is 18.3 Å². The van der Waals surface area contributed by atoms with E-state index >= 15 is 0 Å². The number of likely N-dealkylation sites (N-methyl/N-ethyl adjacent to an activating group) is 1. The predicted octanol–water partition coefficient (Wildman–Crippen LogP) is 5.38. The quantitative estimate of drug-likeness (QED) is 0.484. The van der Waals surface area contributed by atoms with Crippen LogP contribution in [0, 0.1) is 11.6 Å². The number of anilines is 1. The lowest BCUT2D eigenvalue weighted by Crippen LogP contribution is -2.23. The fourth-order valence-corrected chi connectivity index (χ4v) is 4.57. The first-order valence-corrected chi connectivity index (χ1v) is 11.1. The van der Waals surface area contributed by atoms with Crippen molar-refractivity contribution in [3.8, 4) is 11.4 Å². The van der Waals surface area contributed by atoms with E-state index in [0.29, 0.717) is 18.5 Å². The predicted molar refractivity (Wildman–Crippen MR) is 124 cm³/mol. The summed E-state index contributed by atoms with van der Waals surface area (Å²) in [4.78, 5) is 27.5. The van der Waals surface area contributed by atoms with Crippen LogP contribution in [0.15, 0.2) is 47.4 Å². The Morgan fingerprint density at radius 1 is 1.06 bits per heavy atom. The number of carbonyl (C=O) groups excluding carboxylic acids is 1. The number of ether oxygens (including phenoxy) is 1. The van der Waals surface area contributed by atoms with Crippen molar-refractivity contribution >= 4 is 23.2 Å². The Morgan fingerprint density at radius 2 is 1.79 bits per heavy atom. The molecule has 1 atom stereocenters. The average Bonchev–Trinajstić information content (AvgIpc) is 3.05. The van der Waals surface area contributed by atoms with Gasteiger partial charge >= 0.3 is 0 Å². The second-order valence-electron chi connectivity index (χ2n) is 7.90. The molecular weight excluding hydrogens is 450 g/mol. The van der Waals surface area contributed by atoms with Crippen LogP contribution in [0.25, 0.3) is 5.69 Å². The van der Waals surface area contributed by atoms with Crippen molar-refractivity contribution in [3.63, 3.8) is 0 Å². The summed E-state index contributed by atoms with van der Waals surface area (Å²) in [6, 6.07) is 8.37. The van der Waals surface area contributed by atoms with Crippen LogP contribution in [0.1, 0.15) is 42.9 Å². The summed E-state index contributed by atoms with van der Waals surface area (Å²) in [6.07, 6.45) is 2.84. The molecule has 0 bridgehead atoms. The van der Waals surface area contributed by atoms with Crippen molar-refractivity contribution in [1.29, 1.82) is 0 Å². The fourth-order valence-electron chi connectivity index (χ4n) is 4.36. The first-order chi connectivity index (χ1) is 15.8. The smallest absolute Gasteiger partial charge is 0.277 e. The molecule has 1 aromatic heterocycles. The zero-order valence-electron chi connectivity index (χ0n) is 18.5. The number of amides is 1. The topological polar surface area (TPSA) is 51.5 Å². The standard InChI is InChI=1S/C25H23ClF2N2O3/c1-4-16-19(8-9-20-22(16)17(5-2)24(31)29(20)3)30-11-10-21(23(26)25(30)32)33-13-14-6-7-15(27)12-18(14)28/h6-12,17H,4-5,13H2,1-3H3. The van der Waals surface area contributed by atoms with E-state index in [1.807, 2.05) is 26.0 Å². The average molecular weight is 473 g/mol. The molecule has 2 aromatic carbocycles. The van der Waals surface area contributed by atoms with Gasteiger partial charge in [0.25, 0.3) is 5.56 Å². The Morgan fingerprint density at radius 3 is 2.45 bits per heavy atom. The number of hydrogen-bond donors (Lipinski definition) is 0. The summed E-state index contributed by atoms with van der Waals surface area (Å²) in [5, 5.41) is -0.150. The summed E-state index contributed by atoms with van der Waals surface area (Å²) in [5.41, 5.74) is 3.02. The first-order valence-electron chi connectivity index (χ1n) is 10.7. The maximum atomic E-state index is 13.9. The summed E-state index contributed by atoms with van der Waals surface area (Å²) in [5.74, 6) is -1.53. The number of rotatable bonds is 6. The lowest BCUT2D eigenvalue weighted by Gasteiger charge is -2.18. The van der Waals surface area contributed by atoms with Crippen molar-refractivity contribution in [2.75, 3.05) is 11.9 Å². The zero-order chi connectivity index (χ0) is 23.9. The highest BCUT2D eigenvalue weighted by molar-refractivity contribution is 6.31. The third-order valence-corrected chi connectivity index (χ3v) is 6.41. The molecule has 1 amide bonds. The number of carbonyl (C=O) groups is 1. The minimum absolute atomic E-state index is 0.0431. The Labute approximate surface area is 195 Å². The molecular formula is C25H23ClF2N2O3. The van der Waals surface area contributed by atoms with Gasteiger partial charge in [-0.05, 0) is 54.3 Å². The van der Waals surface area contributed by atoms with Crippen LogP contribution >= 0.6 is 11.6 Å². The minimum atomic E-state index is -0.741. The monoisotopic (exact) mass is 472 g/mol. The van der Waals surface area contributed by atoms with E-state index in [1.165, 1.54) is 16.7 Å². The molecule has 1 aliphatic heterocycles. The Balaban J connectivity index is 1.71. The minimum Gasteiger partial charge on any atom is -0.487 e.